The topological polar surface area (TPSA) is 162 Å². The molecule has 2 aromatic carbocycles. The van der Waals surface area contributed by atoms with Gasteiger partial charge in [0.1, 0.15) is 17.5 Å². The lowest BCUT2D eigenvalue weighted by atomic mass is 9.89. The van der Waals surface area contributed by atoms with E-state index in [1.165, 1.54) is 41.1 Å². The van der Waals surface area contributed by atoms with E-state index in [1.54, 1.807) is 12.1 Å². The van der Waals surface area contributed by atoms with Gasteiger partial charge in [-0.3, -0.25) is 14.9 Å². The molecule has 0 bridgehead atoms. The van der Waals surface area contributed by atoms with Crippen molar-refractivity contribution in [2.45, 2.75) is 6.04 Å². The van der Waals surface area contributed by atoms with E-state index in [-0.39, 0.29) is 34.2 Å². The summed E-state index contributed by atoms with van der Waals surface area (Å²) in [5.41, 5.74) is 0.118. The molecule has 0 aliphatic carbocycles. The van der Waals surface area contributed by atoms with E-state index < -0.39 is 22.7 Å². The zero-order valence-electron chi connectivity index (χ0n) is 15.9. The number of ketones is 1. The molecule has 0 amide bonds. The average Bonchev–Trinajstić information content (AvgIpc) is 3.25. The van der Waals surface area contributed by atoms with Gasteiger partial charge < -0.3 is 15.2 Å². The number of nitro benzene ring substituents is 1. The van der Waals surface area contributed by atoms with Crippen LogP contribution in [0.3, 0.4) is 0 Å². The Morgan fingerprint density at radius 1 is 1.23 bits per heavy atom. The van der Waals surface area contributed by atoms with E-state index in [9.17, 15) is 24.8 Å². The number of carbonyl (C=O) groups is 2. The van der Waals surface area contributed by atoms with Gasteiger partial charge in [0.2, 0.25) is 5.95 Å². The standard InChI is InChI=1S/C19H14N6O6/c1-31-18(28)15-14(17(27)10-5-7-12(8-6-10)25(29)30)16(11-3-2-4-13(26)9-11)24-19(20-15)21-22-23-24/h2-9,16,26H,1H3,(H,20,21,23)/t16-/m1/s1. The Morgan fingerprint density at radius 3 is 2.61 bits per heavy atom. The number of carbonyl (C=O) groups excluding carboxylic acids is 2. The van der Waals surface area contributed by atoms with Crippen LogP contribution < -0.4 is 5.32 Å². The van der Waals surface area contributed by atoms with E-state index in [2.05, 4.69) is 20.8 Å². The molecule has 0 unspecified atom stereocenters. The number of esters is 1. The minimum atomic E-state index is -0.977. The SMILES string of the molecule is COC(=O)C1=C(C(=O)c2ccc([N+](=O)[O-])cc2)[C@@H](c2cccc(O)c2)n2nnnc2N1. The molecule has 2 N–H and O–H groups in total. The van der Waals surface area contributed by atoms with Crippen LogP contribution in [0.15, 0.2) is 59.8 Å². The lowest BCUT2D eigenvalue weighted by Gasteiger charge is -2.28. The first-order valence-electron chi connectivity index (χ1n) is 8.86. The predicted molar refractivity (Wildman–Crippen MR) is 104 cm³/mol. The number of benzene rings is 2. The number of fused-ring (bicyclic) bond motifs is 1. The Hall–Kier alpha value is -4.61. The number of nitrogens with zero attached hydrogens (tertiary/aromatic N) is 5. The molecule has 1 aliphatic rings. The number of nitrogens with one attached hydrogen (secondary N) is 1. The molecule has 0 radical (unpaired) electrons. The number of phenols is 1. The second-order valence-corrected chi connectivity index (χ2v) is 6.48. The number of non-ortho nitro benzene ring substituents is 1. The Labute approximate surface area is 173 Å². The third kappa shape index (κ3) is 3.46. The van der Waals surface area contributed by atoms with Crippen LogP contribution in [-0.2, 0) is 9.53 Å². The second kappa shape index (κ2) is 7.67. The van der Waals surface area contributed by atoms with E-state index in [4.69, 9.17) is 4.74 Å². The highest BCUT2D eigenvalue weighted by Gasteiger charge is 2.38. The van der Waals surface area contributed by atoms with Crippen molar-refractivity contribution in [1.82, 2.24) is 20.2 Å². The molecule has 156 valence electrons. The van der Waals surface area contributed by atoms with Crippen LogP contribution in [0.2, 0.25) is 0 Å². The summed E-state index contributed by atoms with van der Waals surface area (Å²) in [6, 6.07) is 10.1. The summed E-state index contributed by atoms with van der Waals surface area (Å²) in [5.74, 6) is -1.40. The molecule has 1 aliphatic heterocycles. The first-order valence-corrected chi connectivity index (χ1v) is 8.86. The van der Waals surface area contributed by atoms with Crippen molar-refractivity contribution >= 4 is 23.4 Å². The summed E-state index contributed by atoms with van der Waals surface area (Å²) in [5, 5.41) is 34.9. The number of anilines is 1. The molecule has 1 aromatic heterocycles. The smallest absolute Gasteiger partial charge is 0.355 e. The van der Waals surface area contributed by atoms with Crippen molar-refractivity contribution in [1.29, 1.82) is 0 Å². The van der Waals surface area contributed by atoms with Crippen molar-refractivity contribution in [3.05, 3.63) is 81.0 Å². The number of allylic oxidation sites excluding steroid dienone is 1. The van der Waals surface area contributed by atoms with Crippen LogP contribution >= 0.6 is 0 Å². The van der Waals surface area contributed by atoms with Gasteiger partial charge in [0.05, 0.1) is 17.6 Å². The number of hydrogen-bond donors (Lipinski definition) is 2. The molecule has 0 saturated heterocycles. The second-order valence-electron chi connectivity index (χ2n) is 6.48. The van der Waals surface area contributed by atoms with Crippen LogP contribution in [0.1, 0.15) is 22.0 Å². The zero-order chi connectivity index (χ0) is 22.1. The maximum atomic E-state index is 13.5. The zero-order valence-corrected chi connectivity index (χ0v) is 15.9. The van der Waals surface area contributed by atoms with E-state index in [0.29, 0.717) is 5.56 Å². The number of ether oxygens (including phenoxy) is 1. The molecular formula is C19H14N6O6. The Kier molecular flexibility index (Phi) is 4.87. The summed E-state index contributed by atoms with van der Waals surface area (Å²) < 4.78 is 6.12. The molecule has 12 heteroatoms. The third-order valence-electron chi connectivity index (χ3n) is 4.68. The minimum absolute atomic E-state index is 0.0499. The summed E-state index contributed by atoms with van der Waals surface area (Å²) in [6.45, 7) is 0. The molecule has 0 fully saturated rings. The van der Waals surface area contributed by atoms with Gasteiger partial charge in [-0.2, -0.15) is 4.68 Å². The maximum absolute atomic E-state index is 13.5. The van der Waals surface area contributed by atoms with Gasteiger partial charge in [0.25, 0.3) is 5.69 Å². The van der Waals surface area contributed by atoms with Gasteiger partial charge >= 0.3 is 5.97 Å². The molecule has 1 atom stereocenters. The van der Waals surface area contributed by atoms with Crippen molar-refractivity contribution in [2.24, 2.45) is 0 Å². The summed E-state index contributed by atoms with van der Waals surface area (Å²) in [4.78, 5) is 36.4. The number of aromatic hydroxyl groups is 1. The van der Waals surface area contributed by atoms with Gasteiger partial charge in [-0.05, 0) is 40.3 Å². The van der Waals surface area contributed by atoms with Crippen LogP contribution in [0.5, 0.6) is 5.75 Å². The van der Waals surface area contributed by atoms with E-state index >= 15 is 0 Å². The first-order chi connectivity index (χ1) is 14.9. The van der Waals surface area contributed by atoms with Crippen LogP contribution in [-0.4, -0.2) is 49.1 Å². The van der Waals surface area contributed by atoms with E-state index in [1.807, 2.05) is 0 Å². The number of methoxy groups -OCH3 is 1. The highest BCUT2D eigenvalue weighted by Crippen LogP contribution is 2.37. The number of phenolic OH excluding ortho intramolecular Hbond substituents is 1. The van der Waals surface area contributed by atoms with Gasteiger partial charge in [-0.15, -0.1) is 0 Å². The first kappa shape index (κ1) is 19.7. The van der Waals surface area contributed by atoms with Gasteiger partial charge in [-0.1, -0.05) is 17.2 Å². The maximum Gasteiger partial charge on any atom is 0.355 e. The number of hydrogen-bond acceptors (Lipinski definition) is 10. The van der Waals surface area contributed by atoms with Crippen molar-refractivity contribution in [3.63, 3.8) is 0 Å². The Balaban J connectivity index is 1.92. The predicted octanol–water partition coefficient (Wildman–Crippen LogP) is 1.61. The molecule has 0 spiro atoms. The van der Waals surface area contributed by atoms with Crippen molar-refractivity contribution in [3.8, 4) is 5.75 Å². The molecular weight excluding hydrogens is 408 g/mol. The minimum Gasteiger partial charge on any atom is -0.508 e. The lowest BCUT2D eigenvalue weighted by Crippen LogP contribution is -2.32. The van der Waals surface area contributed by atoms with Gasteiger partial charge in [0.15, 0.2) is 5.78 Å². The number of rotatable bonds is 5. The fourth-order valence-corrected chi connectivity index (χ4v) is 3.28. The average molecular weight is 422 g/mol. The molecule has 12 nitrogen and oxygen atoms in total. The van der Waals surface area contributed by atoms with E-state index in [0.717, 1.165) is 7.11 Å². The molecule has 4 rings (SSSR count). The number of Topliss-reactive ketones (excluding diaryl/α,β-unsaturated/α-hetero) is 1. The molecule has 31 heavy (non-hydrogen) atoms. The lowest BCUT2D eigenvalue weighted by molar-refractivity contribution is -0.384. The summed E-state index contributed by atoms with van der Waals surface area (Å²) in [6.07, 6.45) is 0. The fraction of sp³-hybridized carbons (Fsp3) is 0.105. The van der Waals surface area contributed by atoms with Gasteiger partial charge in [-0.25, -0.2) is 4.79 Å². The highest BCUT2D eigenvalue weighted by atomic mass is 16.6. The summed E-state index contributed by atoms with van der Waals surface area (Å²) in [7, 11) is 1.16. The van der Waals surface area contributed by atoms with Crippen molar-refractivity contribution < 1.29 is 24.4 Å². The Bertz CT molecular complexity index is 1230. The largest absolute Gasteiger partial charge is 0.508 e. The van der Waals surface area contributed by atoms with Crippen LogP contribution in [0.4, 0.5) is 11.6 Å². The normalized spacial score (nSPS) is 15.1. The van der Waals surface area contributed by atoms with Crippen LogP contribution in [0, 0.1) is 10.1 Å². The molecule has 2 heterocycles. The summed E-state index contributed by atoms with van der Waals surface area (Å²) >= 11 is 0. The number of nitro groups is 1. The fourth-order valence-electron chi connectivity index (χ4n) is 3.28. The third-order valence-corrected chi connectivity index (χ3v) is 4.68. The van der Waals surface area contributed by atoms with Gasteiger partial charge in [0, 0.05) is 17.7 Å². The van der Waals surface area contributed by atoms with Crippen molar-refractivity contribution in [2.75, 3.05) is 12.4 Å². The molecule has 3 aromatic rings. The quantitative estimate of drug-likeness (QED) is 0.267. The highest BCUT2D eigenvalue weighted by molar-refractivity contribution is 6.15. The monoisotopic (exact) mass is 422 g/mol. The Morgan fingerprint density at radius 2 is 1.97 bits per heavy atom. The number of tetrazole rings is 1. The van der Waals surface area contributed by atoms with Crippen LogP contribution in [0.25, 0.3) is 0 Å². The molecule has 0 saturated carbocycles. The number of aromatic nitrogens is 4.